The zero-order valence-electron chi connectivity index (χ0n) is 10.4. The van der Waals surface area contributed by atoms with Gasteiger partial charge in [-0.05, 0) is 12.8 Å². The van der Waals surface area contributed by atoms with Crippen molar-refractivity contribution in [1.29, 1.82) is 0 Å². The van der Waals surface area contributed by atoms with E-state index in [-0.39, 0.29) is 11.9 Å². The van der Waals surface area contributed by atoms with E-state index in [9.17, 15) is 4.79 Å². The quantitative estimate of drug-likeness (QED) is 0.775. The Hall–Kier alpha value is -1.89. The third kappa shape index (κ3) is 2.35. The first-order valence-electron chi connectivity index (χ1n) is 5.62. The van der Waals surface area contributed by atoms with Gasteiger partial charge < -0.3 is 15.2 Å². The molecule has 1 amide bonds. The number of nitrogens with one attached hydrogen (secondary N) is 1. The van der Waals surface area contributed by atoms with Crippen molar-refractivity contribution < 1.29 is 14.3 Å². The first-order chi connectivity index (χ1) is 8.63. The Morgan fingerprint density at radius 1 is 1.39 bits per heavy atom. The van der Waals surface area contributed by atoms with Gasteiger partial charge in [0.05, 0.1) is 25.7 Å². The largest absolute Gasteiger partial charge is 0.481 e. The smallest absolute Gasteiger partial charge is 0.236 e. The fraction of sp³-hybridized carbons (Fsp3) is 0.545. The maximum Gasteiger partial charge on any atom is 0.236 e. The number of methoxy groups -OCH3 is 2. The van der Waals surface area contributed by atoms with E-state index in [0.717, 1.165) is 12.8 Å². The summed E-state index contributed by atoms with van der Waals surface area (Å²) in [4.78, 5) is 20.0. The first-order valence-corrected chi connectivity index (χ1v) is 5.62. The van der Waals surface area contributed by atoms with E-state index in [1.807, 2.05) is 0 Å². The fourth-order valence-corrected chi connectivity index (χ4v) is 1.58. The highest BCUT2D eigenvalue weighted by atomic mass is 16.5. The summed E-state index contributed by atoms with van der Waals surface area (Å²) < 4.78 is 10.00. The lowest BCUT2D eigenvalue weighted by molar-refractivity contribution is -0.120. The molecule has 1 aromatic rings. The minimum Gasteiger partial charge on any atom is -0.481 e. The van der Waals surface area contributed by atoms with Gasteiger partial charge in [-0.15, -0.1) is 0 Å². The molecule has 1 saturated carbocycles. The monoisotopic (exact) mass is 252 g/mol. The predicted molar refractivity (Wildman–Crippen MR) is 64.5 cm³/mol. The van der Waals surface area contributed by atoms with Crippen molar-refractivity contribution >= 4 is 11.9 Å². The molecule has 0 aliphatic heterocycles. The third-order valence-corrected chi connectivity index (χ3v) is 3.05. The summed E-state index contributed by atoms with van der Waals surface area (Å²) in [5, 5.41) is 2.64. The normalized spacial score (nSPS) is 15.9. The summed E-state index contributed by atoms with van der Waals surface area (Å²) in [6.45, 7) is 0.333. The number of carbonyl (C=O) groups is 1. The molecule has 1 aliphatic carbocycles. The van der Waals surface area contributed by atoms with Crippen molar-refractivity contribution in [3.05, 3.63) is 6.07 Å². The minimum atomic E-state index is -0.445. The Bertz CT molecular complexity index is 437. The second-order valence-electron chi connectivity index (χ2n) is 4.21. The maximum atomic E-state index is 12.0. The third-order valence-electron chi connectivity index (χ3n) is 3.05. The van der Waals surface area contributed by atoms with Crippen LogP contribution in [0.3, 0.4) is 0 Å². The summed E-state index contributed by atoms with van der Waals surface area (Å²) in [5.74, 6) is 0.667. The molecule has 18 heavy (non-hydrogen) atoms. The van der Waals surface area contributed by atoms with E-state index in [1.165, 1.54) is 20.3 Å². The molecule has 3 N–H and O–H groups in total. The van der Waals surface area contributed by atoms with Crippen LogP contribution in [0.4, 0.5) is 5.95 Å². The summed E-state index contributed by atoms with van der Waals surface area (Å²) in [5.41, 5.74) is 5.14. The Morgan fingerprint density at radius 2 is 1.94 bits per heavy atom. The van der Waals surface area contributed by atoms with Crippen molar-refractivity contribution in [3.63, 3.8) is 0 Å². The average Bonchev–Trinajstić information content (AvgIpc) is 3.19. The molecular weight excluding hydrogens is 236 g/mol. The Labute approximate surface area is 105 Å². The number of hydrogen-bond acceptors (Lipinski definition) is 6. The van der Waals surface area contributed by atoms with Gasteiger partial charge in [0.1, 0.15) is 0 Å². The van der Waals surface area contributed by atoms with Crippen molar-refractivity contribution in [1.82, 2.24) is 9.97 Å². The second kappa shape index (κ2) is 4.77. The van der Waals surface area contributed by atoms with E-state index in [4.69, 9.17) is 15.2 Å². The minimum absolute atomic E-state index is 0.152. The van der Waals surface area contributed by atoms with Gasteiger partial charge in [-0.2, -0.15) is 9.97 Å². The number of aromatic nitrogens is 2. The molecular formula is C11H16N4O3. The van der Waals surface area contributed by atoms with E-state index in [1.54, 1.807) is 0 Å². The van der Waals surface area contributed by atoms with Gasteiger partial charge in [0.15, 0.2) is 0 Å². The first kappa shape index (κ1) is 12.6. The second-order valence-corrected chi connectivity index (χ2v) is 4.21. The maximum absolute atomic E-state index is 12.0. The number of amides is 1. The molecule has 1 fully saturated rings. The number of hydrogen-bond donors (Lipinski definition) is 2. The van der Waals surface area contributed by atoms with Crippen LogP contribution in [-0.4, -0.2) is 36.6 Å². The molecule has 0 aromatic carbocycles. The number of carbonyl (C=O) groups excluding carboxylic acids is 1. The number of nitrogens with two attached hydrogens (primary N) is 1. The average molecular weight is 252 g/mol. The lowest BCUT2D eigenvalue weighted by Crippen LogP contribution is -2.31. The van der Waals surface area contributed by atoms with Crippen LogP contribution >= 0.6 is 0 Å². The molecule has 7 nitrogen and oxygen atoms in total. The zero-order valence-corrected chi connectivity index (χ0v) is 10.4. The van der Waals surface area contributed by atoms with Crippen LogP contribution in [-0.2, 0) is 4.79 Å². The lowest BCUT2D eigenvalue weighted by Gasteiger charge is -2.12. The van der Waals surface area contributed by atoms with E-state index in [2.05, 4.69) is 15.3 Å². The van der Waals surface area contributed by atoms with Gasteiger partial charge in [0.25, 0.3) is 0 Å². The molecule has 0 saturated heterocycles. The van der Waals surface area contributed by atoms with Crippen molar-refractivity contribution in [2.75, 3.05) is 26.1 Å². The SMILES string of the molecule is COc1cc(OC)nc(NC(=O)C2(CN)CC2)n1. The number of ether oxygens (including phenoxy) is 2. The van der Waals surface area contributed by atoms with Gasteiger partial charge in [-0.3, -0.25) is 10.1 Å². The zero-order chi connectivity index (χ0) is 13.2. The molecule has 98 valence electrons. The van der Waals surface area contributed by atoms with Crippen LogP contribution in [0.5, 0.6) is 11.8 Å². The van der Waals surface area contributed by atoms with Crippen molar-refractivity contribution in [3.8, 4) is 11.8 Å². The van der Waals surface area contributed by atoms with E-state index < -0.39 is 5.41 Å². The van der Waals surface area contributed by atoms with Gasteiger partial charge >= 0.3 is 0 Å². The highest BCUT2D eigenvalue weighted by Crippen LogP contribution is 2.45. The number of anilines is 1. The van der Waals surface area contributed by atoms with Crippen LogP contribution in [0, 0.1) is 5.41 Å². The summed E-state index contributed by atoms with van der Waals surface area (Å²) >= 11 is 0. The van der Waals surface area contributed by atoms with Crippen LogP contribution in [0.25, 0.3) is 0 Å². The molecule has 0 radical (unpaired) electrons. The number of nitrogens with zero attached hydrogens (tertiary/aromatic N) is 2. The Morgan fingerprint density at radius 3 is 2.33 bits per heavy atom. The van der Waals surface area contributed by atoms with Gasteiger partial charge in [0.2, 0.25) is 23.6 Å². The highest BCUT2D eigenvalue weighted by molar-refractivity contribution is 5.96. The fourth-order valence-electron chi connectivity index (χ4n) is 1.58. The molecule has 7 heteroatoms. The van der Waals surface area contributed by atoms with Crippen molar-refractivity contribution in [2.24, 2.45) is 11.1 Å². The summed E-state index contributed by atoms with van der Waals surface area (Å²) in [6, 6.07) is 1.53. The molecule has 0 bridgehead atoms. The van der Waals surface area contributed by atoms with Crippen LogP contribution in [0.1, 0.15) is 12.8 Å². The Kier molecular flexibility index (Phi) is 3.33. The summed E-state index contributed by atoms with van der Waals surface area (Å²) in [7, 11) is 2.96. The van der Waals surface area contributed by atoms with Crippen LogP contribution in [0.15, 0.2) is 6.07 Å². The Balaban J connectivity index is 2.15. The standard InChI is InChI=1S/C11H16N4O3/c1-17-7-5-8(18-2)14-10(13-7)15-9(16)11(6-12)3-4-11/h5H,3-4,6,12H2,1-2H3,(H,13,14,15,16). The van der Waals surface area contributed by atoms with E-state index >= 15 is 0 Å². The molecule has 1 heterocycles. The molecule has 0 unspecified atom stereocenters. The molecule has 0 atom stereocenters. The molecule has 0 spiro atoms. The lowest BCUT2D eigenvalue weighted by atomic mass is 10.1. The molecule has 2 rings (SSSR count). The summed E-state index contributed by atoms with van der Waals surface area (Å²) in [6.07, 6.45) is 1.60. The molecule has 1 aliphatic rings. The van der Waals surface area contributed by atoms with Crippen LogP contribution < -0.4 is 20.5 Å². The highest BCUT2D eigenvalue weighted by Gasteiger charge is 2.48. The van der Waals surface area contributed by atoms with Crippen molar-refractivity contribution in [2.45, 2.75) is 12.8 Å². The van der Waals surface area contributed by atoms with Gasteiger partial charge in [0, 0.05) is 6.54 Å². The van der Waals surface area contributed by atoms with Gasteiger partial charge in [-0.25, -0.2) is 0 Å². The topological polar surface area (TPSA) is 99.4 Å². The predicted octanol–water partition coefficient (Wildman–Crippen LogP) is 0.171. The van der Waals surface area contributed by atoms with E-state index in [0.29, 0.717) is 18.3 Å². The van der Waals surface area contributed by atoms with Gasteiger partial charge in [-0.1, -0.05) is 0 Å². The van der Waals surface area contributed by atoms with Crippen LogP contribution in [0.2, 0.25) is 0 Å². The molecule has 1 aromatic heterocycles. The number of rotatable bonds is 5.